The van der Waals surface area contributed by atoms with Gasteiger partial charge in [0.25, 0.3) is 0 Å². The summed E-state index contributed by atoms with van der Waals surface area (Å²) in [4.78, 5) is 25.9. The molecule has 7 nitrogen and oxygen atoms in total. The van der Waals surface area contributed by atoms with E-state index < -0.39 is 27.9 Å². The van der Waals surface area contributed by atoms with E-state index in [1.54, 1.807) is 0 Å². The Balaban J connectivity index is 1.60. The van der Waals surface area contributed by atoms with E-state index in [4.69, 9.17) is 4.74 Å². The van der Waals surface area contributed by atoms with Crippen LogP contribution in [-0.4, -0.2) is 32.9 Å². The van der Waals surface area contributed by atoms with E-state index in [1.165, 1.54) is 0 Å². The monoisotopic (exact) mass is 612 g/mol. The summed E-state index contributed by atoms with van der Waals surface area (Å²) in [5.41, 5.74) is 5.04. The molecule has 0 spiro atoms. The first-order valence-electron chi connectivity index (χ1n) is 14.8. The molecule has 1 amide bonds. The van der Waals surface area contributed by atoms with Crippen LogP contribution in [0.3, 0.4) is 0 Å². The summed E-state index contributed by atoms with van der Waals surface area (Å²) < 4.78 is 36.5. The van der Waals surface area contributed by atoms with Crippen molar-refractivity contribution in [1.82, 2.24) is 10.0 Å². The van der Waals surface area contributed by atoms with Crippen molar-refractivity contribution in [2.75, 3.05) is 6.54 Å². The average molecular weight is 613 g/mol. The van der Waals surface area contributed by atoms with Gasteiger partial charge in [-0.05, 0) is 59.9 Å². The number of carbonyl (C=O) groups is 2. The Labute approximate surface area is 260 Å². The number of hydrogen-bond acceptors (Lipinski definition) is 5. The van der Waals surface area contributed by atoms with Crippen LogP contribution in [0.2, 0.25) is 0 Å². The second-order valence-electron chi connectivity index (χ2n) is 11.4. The number of hydrogen-bond donors (Lipinski definition) is 2. The van der Waals surface area contributed by atoms with Crippen LogP contribution in [-0.2, 0) is 43.8 Å². The van der Waals surface area contributed by atoms with Gasteiger partial charge in [0, 0.05) is 0 Å². The van der Waals surface area contributed by atoms with Crippen molar-refractivity contribution in [2.24, 2.45) is 5.92 Å². The molecule has 4 rings (SSSR count). The van der Waals surface area contributed by atoms with Crippen molar-refractivity contribution in [3.05, 3.63) is 137 Å². The van der Waals surface area contributed by atoms with E-state index in [0.29, 0.717) is 24.0 Å². The standard InChI is InChI=1S/C36H40N2O5S/c1-26(2)19-33(36(40)37-24-34(39)43-25-30-17-11-6-12-18-30)38-44(41,42)35-31(22-28-13-7-4-8-14-28)20-27(3)21-32(35)23-29-15-9-5-10-16-29/h4-18,20-21,26,33,38H,19,22-25H2,1-3H3,(H,37,40)/t33-/m0/s1. The molecule has 1 atom stereocenters. The van der Waals surface area contributed by atoms with Gasteiger partial charge in [-0.3, -0.25) is 9.59 Å². The zero-order valence-corrected chi connectivity index (χ0v) is 26.3. The molecule has 44 heavy (non-hydrogen) atoms. The summed E-state index contributed by atoms with van der Waals surface area (Å²) in [6, 6.07) is 31.4. The molecular formula is C36H40N2O5S. The minimum atomic E-state index is -4.18. The number of esters is 1. The van der Waals surface area contributed by atoms with E-state index in [9.17, 15) is 18.0 Å². The number of carbonyl (C=O) groups excluding carboxylic acids is 2. The third kappa shape index (κ3) is 9.62. The Morgan fingerprint density at radius 1 is 0.750 bits per heavy atom. The highest BCUT2D eigenvalue weighted by Crippen LogP contribution is 2.28. The lowest BCUT2D eigenvalue weighted by molar-refractivity contribution is -0.145. The van der Waals surface area contributed by atoms with Crippen LogP contribution in [0.15, 0.2) is 108 Å². The van der Waals surface area contributed by atoms with Crippen LogP contribution in [0.1, 0.15) is 53.6 Å². The number of amides is 1. The van der Waals surface area contributed by atoms with Gasteiger partial charge >= 0.3 is 5.97 Å². The van der Waals surface area contributed by atoms with E-state index in [-0.39, 0.29) is 30.4 Å². The molecule has 4 aromatic carbocycles. The molecule has 0 aliphatic rings. The normalized spacial score (nSPS) is 12.1. The van der Waals surface area contributed by atoms with Crippen LogP contribution in [0.5, 0.6) is 0 Å². The van der Waals surface area contributed by atoms with Gasteiger partial charge in [-0.15, -0.1) is 0 Å². The van der Waals surface area contributed by atoms with Crippen molar-refractivity contribution in [2.45, 2.75) is 57.6 Å². The molecule has 0 radical (unpaired) electrons. The number of rotatable bonds is 14. The zero-order chi connectivity index (χ0) is 31.5. The molecule has 230 valence electrons. The fraction of sp³-hybridized carbons (Fsp3) is 0.278. The van der Waals surface area contributed by atoms with Crippen molar-refractivity contribution in [3.63, 3.8) is 0 Å². The number of aryl methyl sites for hydroxylation is 1. The first kappa shape index (κ1) is 32.6. The van der Waals surface area contributed by atoms with E-state index >= 15 is 0 Å². The third-order valence-corrected chi connectivity index (χ3v) is 8.76. The number of ether oxygens (including phenoxy) is 1. The molecular weight excluding hydrogens is 572 g/mol. The summed E-state index contributed by atoms with van der Waals surface area (Å²) in [7, 11) is -4.18. The van der Waals surface area contributed by atoms with Gasteiger partial charge in [0.1, 0.15) is 19.2 Å². The third-order valence-electron chi connectivity index (χ3n) is 7.10. The van der Waals surface area contributed by atoms with Crippen LogP contribution < -0.4 is 10.0 Å². The summed E-state index contributed by atoms with van der Waals surface area (Å²) in [5.74, 6) is -1.19. The smallest absolute Gasteiger partial charge is 0.325 e. The van der Waals surface area contributed by atoms with Crippen molar-refractivity contribution in [3.8, 4) is 0 Å². The molecule has 0 saturated carbocycles. The molecule has 0 heterocycles. The highest BCUT2D eigenvalue weighted by molar-refractivity contribution is 7.89. The Morgan fingerprint density at radius 2 is 1.23 bits per heavy atom. The molecule has 0 saturated heterocycles. The SMILES string of the molecule is Cc1cc(Cc2ccccc2)c(S(=O)(=O)N[C@@H](CC(C)C)C(=O)NCC(=O)OCc2ccccc2)c(Cc2ccccc2)c1. The van der Waals surface area contributed by atoms with E-state index in [1.807, 2.05) is 124 Å². The quantitative estimate of drug-likeness (QED) is 0.177. The summed E-state index contributed by atoms with van der Waals surface area (Å²) in [6.45, 7) is 5.50. The summed E-state index contributed by atoms with van der Waals surface area (Å²) >= 11 is 0. The zero-order valence-electron chi connectivity index (χ0n) is 25.5. The van der Waals surface area contributed by atoms with Gasteiger partial charge in [0.05, 0.1) is 4.90 Å². The van der Waals surface area contributed by atoms with Gasteiger partial charge in [0.15, 0.2) is 0 Å². The molecule has 0 aliphatic carbocycles. The average Bonchev–Trinajstić information content (AvgIpc) is 2.99. The van der Waals surface area contributed by atoms with Gasteiger partial charge in [-0.25, -0.2) is 8.42 Å². The maximum Gasteiger partial charge on any atom is 0.325 e. The molecule has 0 unspecified atom stereocenters. The maximum absolute atomic E-state index is 14.3. The van der Waals surface area contributed by atoms with Crippen molar-refractivity contribution >= 4 is 21.9 Å². The highest BCUT2D eigenvalue weighted by Gasteiger charge is 2.30. The molecule has 0 aliphatic heterocycles. The van der Waals surface area contributed by atoms with Crippen LogP contribution in [0.25, 0.3) is 0 Å². The van der Waals surface area contributed by atoms with Gasteiger partial charge in [0.2, 0.25) is 15.9 Å². The summed E-state index contributed by atoms with van der Waals surface area (Å²) in [6.07, 6.45) is 1.07. The lowest BCUT2D eigenvalue weighted by atomic mass is 9.96. The molecule has 4 aromatic rings. The number of nitrogens with one attached hydrogen (secondary N) is 2. The molecule has 0 fully saturated rings. The van der Waals surface area contributed by atoms with E-state index in [0.717, 1.165) is 22.3 Å². The fourth-order valence-electron chi connectivity index (χ4n) is 5.17. The van der Waals surface area contributed by atoms with Crippen LogP contribution in [0.4, 0.5) is 0 Å². The fourth-order valence-corrected chi connectivity index (χ4v) is 6.81. The minimum Gasteiger partial charge on any atom is -0.460 e. The largest absolute Gasteiger partial charge is 0.460 e. The Morgan fingerprint density at radius 3 is 1.70 bits per heavy atom. The molecule has 0 aromatic heterocycles. The predicted octanol–water partition coefficient (Wildman–Crippen LogP) is 5.73. The van der Waals surface area contributed by atoms with Gasteiger partial charge in [-0.2, -0.15) is 4.72 Å². The summed E-state index contributed by atoms with van der Waals surface area (Å²) in [5, 5.41) is 2.58. The number of benzene rings is 4. The second-order valence-corrected chi connectivity index (χ2v) is 13.1. The predicted molar refractivity (Wildman–Crippen MR) is 172 cm³/mol. The topological polar surface area (TPSA) is 102 Å². The van der Waals surface area contributed by atoms with Crippen LogP contribution in [0, 0.1) is 12.8 Å². The van der Waals surface area contributed by atoms with Crippen LogP contribution >= 0.6 is 0 Å². The lowest BCUT2D eigenvalue weighted by Gasteiger charge is -2.23. The highest BCUT2D eigenvalue weighted by atomic mass is 32.2. The first-order chi connectivity index (χ1) is 21.1. The van der Waals surface area contributed by atoms with Crippen molar-refractivity contribution < 1.29 is 22.7 Å². The molecule has 0 bridgehead atoms. The number of sulfonamides is 1. The molecule has 8 heteroatoms. The maximum atomic E-state index is 14.3. The van der Waals surface area contributed by atoms with Crippen molar-refractivity contribution in [1.29, 1.82) is 0 Å². The minimum absolute atomic E-state index is 0.00378. The lowest BCUT2D eigenvalue weighted by Crippen LogP contribution is -2.48. The van der Waals surface area contributed by atoms with Gasteiger partial charge in [-0.1, -0.05) is 123 Å². The van der Waals surface area contributed by atoms with Gasteiger partial charge < -0.3 is 10.1 Å². The molecule has 2 N–H and O–H groups in total. The second kappa shape index (κ2) is 15.5. The Bertz CT molecular complexity index is 1580. The Kier molecular flexibility index (Phi) is 11.5. The Hall–Kier alpha value is -4.27. The van der Waals surface area contributed by atoms with E-state index in [2.05, 4.69) is 10.0 Å². The first-order valence-corrected chi connectivity index (χ1v) is 16.3.